The number of fused-ring (bicyclic) bond motifs is 1. The lowest BCUT2D eigenvalue weighted by atomic mass is 10.1. The van der Waals surface area contributed by atoms with Crippen LogP contribution in [0.25, 0.3) is 28.2 Å². The average Bonchev–Trinajstić information content (AvgIpc) is 3.44. The van der Waals surface area contributed by atoms with Crippen LogP contribution in [0.3, 0.4) is 0 Å². The highest BCUT2D eigenvalue weighted by molar-refractivity contribution is 6.07. The van der Waals surface area contributed by atoms with Gasteiger partial charge in [0.15, 0.2) is 5.75 Å². The van der Waals surface area contributed by atoms with Crippen molar-refractivity contribution < 1.29 is 31.9 Å². The van der Waals surface area contributed by atoms with Gasteiger partial charge in [-0.25, -0.2) is 14.4 Å². The fourth-order valence-electron chi connectivity index (χ4n) is 5.34. The number of aromatic nitrogens is 3. The molecule has 0 saturated carbocycles. The van der Waals surface area contributed by atoms with Crippen LogP contribution in [0.4, 0.5) is 46.3 Å². The molecule has 5 aromatic rings. The molecule has 0 aliphatic carbocycles. The maximum absolute atomic E-state index is 13.8. The van der Waals surface area contributed by atoms with Crippen LogP contribution in [0, 0.1) is 17.7 Å². The Labute approximate surface area is 303 Å². The molecule has 53 heavy (non-hydrogen) atoms. The van der Waals surface area contributed by atoms with Crippen molar-refractivity contribution in [2.75, 3.05) is 55.1 Å². The number of carbonyl (C=O) groups is 2. The molecule has 0 radical (unpaired) electrons. The lowest BCUT2D eigenvalue weighted by molar-refractivity contribution is -0.274. The smallest absolute Gasteiger partial charge is 0.403 e. The predicted molar refractivity (Wildman–Crippen MR) is 198 cm³/mol. The van der Waals surface area contributed by atoms with Gasteiger partial charge >= 0.3 is 6.36 Å². The second-order valence-corrected chi connectivity index (χ2v) is 12.1. The van der Waals surface area contributed by atoms with Crippen LogP contribution >= 0.6 is 0 Å². The second-order valence-electron chi connectivity index (χ2n) is 12.1. The number of likely N-dealkylation sites (N-methyl/N-ethyl adjacent to an activating group) is 2. The van der Waals surface area contributed by atoms with E-state index < -0.39 is 29.7 Å². The van der Waals surface area contributed by atoms with E-state index in [1.165, 1.54) is 55.6 Å². The van der Waals surface area contributed by atoms with Gasteiger partial charge in [-0.2, -0.15) is 0 Å². The van der Waals surface area contributed by atoms with Crippen molar-refractivity contribution in [3.05, 3.63) is 90.5 Å². The minimum Gasteiger partial charge on any atom is -0.403 e. The Morgan fingerprint density at radius 1 is 0.981 bits per heavy atom. The molecule has 5 rings (SSSR count). The summed E-state index contributed by atoms with van der Waals surface area (Å²) in [5.74, 6) is 2.51. The normalized spacial score (nSPS) is 11.4. The van der Waals surface area contributed by atoms with Gasteiger partial charge in [-0.05, 0) is 62.8 Å². The maximum Gasteiger partial charge on any atom is 0.573 e. The molecular weight excluding hydrogens is 692 g/mol. The van der Waals surface area contributed by atoms with Crippen molar-refractivity contribution >= 4 is 57.5 Å². The number of anilines is 5. The summed E-state index contributed by atoms with van der Waals surface area (Å²) in [6.45, 7) is 2.44. The third-order valence-electron chi connectivity index (χ3n) is 7.85. The number of amides is 2. The van der Waals surface area contributed by atoms with E-state index in [2.05, 4.69) is 42.5 Å². The fraction of sp³-hybridized carbons (Fsp3) is 0.211. The highest BCUT2D eigenvalue weighted by Gasteiger charge is 2.33. The first-order chi connectivity index (χ1) is 25.2. The zero-order valence-electron chi connectivity index (χ0n) is 29.5. The Hall–Kier alpha value is -6.40. The minimum atomic E-state index is -5.07. The fourth-order valence-corrected chi connectivity index (χ4v) is 5.34. The summed E-state index contributed by atoms with van der Waals surface area (Å²) in [4.78, 5) is 38.2. The van der Waals surface area contributed by atoms with Crippen LogP contribution in [-0.2, 0) is 16.6 Å². The monoisotopic (exact) mass is 728 g/mol. The Balaban J connectivity index is 1.59. The van der Waals surface area contributed by atoms with Gasteiger partial charge in [0.2, 0.25) is 11.9 Å². The van der Waals surface area contributed by atoms with Crippen molar-refractivity contribution in [1.82, 2.24) is 19.4 Å². The van der Waals surface area contributed by atoms with Crippen LogP contribution in [-0.4, -0.2) is 71.8 Å². The van der Waals surface area contributed by atoms with Crippen LogP contribution < -0.4 is 25.6 Å². The van der Waals surface area contributed by atoms with Crippen molar-refractivity contribution in [2.45, 2.75) is 13.3 Å². The third-order valence-corrected chi connectivity index (χ3v) is 7.85. The molecular formula is C38H36F4N8O3. The van der Waals surface area contributed by atoms with Gasteiger partial charge in [-0.15, -0.1) is 13.2 Å². The summed E-state index contributed by atoms with van der Waals surface area (Å²) in [6, 6.07) is 15.5. The second kappa shape index (κ2) is 16.3. The quantitative estimate of drug-likeness (QED) is 0.0713. The molecule has 0 unspecified atom stereocenters. The largest absolute Gasteiger partial charge is 0.573 e. The molecule has 2 aromatic heterocycles. The Morgan fingerprint density at radius 2 is 1.72 bits per heavy atom. The van der Waals surface area contributed by atoms with Gasteiger partial charge in [0.25, 0.3) is 5.91 Å². The average molecular weight is 729 g/mol. The molecule has 0 saturated heterocycles. The van der Waals surface area contributed by atoms with Gasteiger partial charge in [0, 0.05) is 62.0 Å². The highest BCUT2D eigenvalue weighted by Crippen LogP contribution is 2.41. The van der Waals surface area contributed by atoms with Crippen LogP contribution in [0.5, 0.6) is 5.75 Å². The molecule has 274 valence electrons. The lowest BCUT2D eigenvalue weighted by Crippen LogP contribution is -2.29. The number of hydrogen-bond donors (Lipinski definition) is 3. The van der Waals surface area contributed by atoms with E-state index in [0.717, 1.165) is 17.0 Å². The number of nitrogens with zero attached hydrogens (tertiary/aromatic N) is 5. The van der Waals surface area contributed by atoms with Crippen LogP contribution in [0.15, 0.2) is 79.1 Å². The molecule has 15 heteroatoms. The Bertz CT molecular complexity index is 2220. The first-order valence-corrected chi connectivity index (χ1v) is 16.2. The molecule has 2 heterocycles. The number of ether oxygens (including phenoxy) is 1. The summed E-state index contributed by atoms with van der Waals surface area (Å²) in [5.41, 5.74) is 2.69. The number of aryl methyl sites for hydroxylation is 1. The van der Waals surface area contributed by atoms with E-state index in [1.54, 1.807) is 18.1 Å². The highest BCUT2D eigenvalue weighted by atomic mass is 19.4. The van der Waals surface area contributed by atoms with E-state index >= 15 is 0 Å². The zero-order valence-corrected chi connectivity index (χ0v) is 29.5. The number of rotatable bonds is 12. The van der Waals surface area contributed by atoms with Gasteiger partial charge in [0.1, 0.15) is 11.5 Å². The SMILES string of the molecule is CC#CC(=O)Nc1cc(Nc2ncc(NC(=O)/C=C/c3ccc(F)cc3)c(-c3cn(C)c4ccccc34)n2)c(OC(F)(F)F)cc1N(C)CCN(C)C. The molecule has 0 spiro atoms. The number of nitrogens with one attached hydrogen (secondary N) is 3. The van der Waals surface area contributed by atoms with Gasteiger partial charge < -0.3 is 35.1 Å². The van der Waals surface area contributed by atoms with Gasteiger partial charge in [0.05, 0.1) is 28.9 Å². The maximum atomic E-state index is 13.8. The Morgan fingerprint density at radius 3 is 2.42 bits per heavy atom. The minimum absolute atomic E-state index is 0.140. The molecule has 3 aromatic carbocycles. The third kappa shape index (κ3) is 9.89. The van der Waals surface area contributed by atoms with Gasteiger partial charge in [-0.3, -0.25) is 9.59 Å². The molecule has 0 bridgehead atoms. The van der Waals surface area contributed by atoms with Crippen LogP contribution in [0.1, 0.15) is 12.5 Å². The summed E-state index contributed by atoms with van der Waals surface area (Å²) < 4.78 is 61.1. The molecule has 3 N–H and O–H groups in total. The van der Waals surface area contributed by atoms with Crippen molar-refractivity contribution in [3.8, 4) is 28.8 Å². The Kier molecular flexibility index (Phi) is 11.6. The molecule has 0 aliphatic rings. The zero-order chi connectivity index (χ0) is 38.3. The topological polar surface area (TPSA) is 117 Å². The predicted octanol–water partition coefficient (Wildman–Crippen LogP) is 7.03. The molecule has 0 fully saturated rings. The van der Waals surface area contributed by atoms with Crippen molar-refractivity contribution in [3.63, 3.8) is 0 Å². The van der Waals surface area contributed by atoms with E-state index in [4.69, 9.17) is 0 Å². The number of halogens is 4. The standard InChI is InChI=1S/C38H36F4N8O3/c1-6-9-34(51)44-28-20-29(33(53-38(40,41)42)21-32(28)49(4)19-18-48(2)3)46-37-43-22-30(45-35(52)17-14-24-12-15-25(39)16-13-24)36(47-37)27-23-50(5)31-11-8-7-10-26(27)31/h7-8,10-17,20-23H,18-19H2,1-5H3,(H,44,51)(H,45,52)(H,43,46,47)/b17-14+. The summed E-state index contributed by atoms with van der Waals surface area (Å²) in [5, 5.41) is 9.04. The van der Waals surface area contributed by atoms with E-state index in [0.29, 0.717) is 24.2 Å². The number of para-hydroxylation sites is 1. The summed E-state index contributed by atoms with van der Waals surface area (Å²) >= 11 is 0. The summed E-state index contributed by atoms with van der Waals surface area (Å²) in [6.07, 6.45) is 0.834. The number of carbonyl (C=O) groups excluding carboxylic acids is 2. The lowest BCUT2D eigenvalue weighted by Gasteiger charge is -2.26. The van der Waals surface area contributed by atoms with Crippen molar-refractivity contribution in [2.24, 2.45) is 7.05 Å². The first kappa shape index (κ1) is 37.8. The molecule has 11 nitrogen and oxygen atoms in total. The van der Waals surface area contributed by atoms with E-state index in [1.807, 2.05) is 54.9 Å². The first-order valence-electron chi connectivity index (χ1n) is 16.2. The molecule has 0 aliphatic heterocycles. The van der Waals surface area contributed by atoms with E-state index in [-0.39, 0.29) is 34.4 Å². The molecule has 0 atom stereocenters. The number of benzene rings is 3. The van der Waals surface area contributed by atoms with Crippen molar-refractivity contribution in [1.29, 1.82) is 0 Å². The number of alkyl halides is 3. The number of hydrogen-bond acceptors (Lipinski definition) is 8. The summed E-state index contributed by atoms with van der Waals surface area (Å²) in [7, 11) is 7.22. The van der Waals surface area contributed by atoms with E-state index in [9.17, 15) is 27.2 Å². The molecule has 2 amide bonds. The van der Waals surface area contributed by atoms with Gasteiger partial charge in [-0.1, -0.05) is 36.3 Å². The van der Waals surface area contributed by atoms with Crippen LogP contribution in [0.2, 0.25) is 0 Å².